The molecule has 0 saturated heterocycles. The Balaban J connectivity index is 1.93. The highest BCUT2D eigenvalue weighted by molar-refractivity contribution is 5.01. The van der Waals surface area contributed by atoms with Gasteiger partial charge in [-0.05, 0) is 43.7 Å². The van der Waals surface area contributed by atoms with Crippen LogP contribution in [0.15, 0.2) is 12.3 Å². The van der Waals surface area contributed by atoms with Crippen LogP contribution in [0.5, 0.6) is 0 Å². The molecule has 102 valence electrons. The second-order valence-electron chi connectivity index (χ2n) is 5.97. The molecule has 3 heteroatoms. The van der Waals surface area contributed by atoms with Gasteiger partial charge in [-0.1, -0.05) is 33.1 Å². The highest BCUT2D eigenvalue weighted by Gasteiger charge is 2.17. The summed E-state index contributed by atoms with van der Waals surface area (Å²) < 4.78 is 2.20. The van der Waals surface area contributed by atoms with Crippen molar-refractivity contribution in [3.8, 4) is 0 Å². The zero-order valence-electron chi connectivity index (χ0n) is 11.8. The number of aromatic nitrogens is 2. The fourth-order valence-corrected chi connectivity index (χ4v) is 2.80. The largest absolute Gasteiger partial charge is 0.330 e. The fraction of sp³-hybridized carbons (Fsp3) is 0.800. The maximum Gasteiger partial charge on any atom is 0.0627 e. The number of hydrogen-bond acceptors (Lipinski definition) is 2. The first-order valence-electron chi connectivity index (χ1n) is 7.44. The lowest BCUT2D eigenvalue weighted by Crippen LogP contribution is -2.20. The number of hydrogen-bond donors (Lipinski definition) is 1. The molecule has 1 aromatic rings. The van der Waals surface area contributed by atoms with Crippen LogP contribution >= 0.6 is 0 Å². The molecule has 2 atom stereocenters. The van der Waals surface area contributed by atoms with Crippen LogP contribution in [0, 0.1) is 11.8 Å². The summed E-state index contributed by atoms with van der Waals surface area (Å²) in [6.45, 7) is 5.27. The Kier molecular flexibility index (Phi) is 4.81. The predicted molar refractivity (Wildman–Crippen MR) is 75.4 cm³/mol. The quantitative estimate of drug-likeness (QED) is 0.871. The average Bonchev–Trinajstić information content (AvgIpc) is 2.87. The van der Waals surface area contributed by atoms with Gasteiger partial charge in [-0.25, -0.2) is 0 Å². The van der Waals surface area contributed by atoms with Gasteiger partial charge in [0.1, 0.15) is 0 Å². The van der Waals surface area contributed by atoms with E-state index in [2.05, 4.69) is 30.8 Å². The Morgan fingerprint density at radius 1 is 1.28 bits per heavy atom. The van der Waals surface area contributed by atoms with Crippen LogP contribution in [-0.4, -0.2) is 16.3 Å². The van der Waals surface area contributed by atoms with E-state index in [4.69, 9.17) is 10.8 Å². The first-order chi connectivity index (χ1) is 8.70. The van der Waals surface area contributed by atoms with Gasteiger partial charge in [0.2, 0.25) is 0 Å². The van der Waals surface area contributed by atoms with Crippen LogP contribution in [-0.2, 0) is 6.42 Å². The van der Waals surface area contributed by atoms with Crippen LogP contribution < -0.4 is 5.73 Å². The second-order valence-corrected chi connectivity index (χ2v) is 5.97. The number of nitrogens with two attached hydrogens (primary N) is 1. The van der Waals surface area contributed by atoms with Crippen LogP contribution in [0.4, 0.5) is 0 Å². The molecule has 0 bridgehead atoms. The van der Waals surface area contributed by atoms with Crippen molar-refractivity contribution >= 4 is 0 Å². The lowest BCUT2D eigenvalue weighted by molar-refractivity contribution is 0.325. The highest BCUT2D eigenvalue weighted by atomic mass is 15.3. The molecule has 18 heavy (non-hydrogen) atoms. The zero-order valence-corrected chi connectivity index (χ0v) is 11.8. The minimum atomic E-state index is 0.574. The molecular weight excluding hydrogens is 222 g/mol. The smallest absolute Gasteiger partial charge is 0.0627 e. The third-order valence-electron chi connectivity index (χ3n) is 4.49. The Bertz CT molecular complexity index is 352. The monoisotopic (exact) mass is 249 g/mol. The molecule has 1 aliphatic rings. The van der Waals surface area contributed by atoms with Crippen molar-refractivity contribution in [2.45, 2.75) is 58.4 Å². The van der Waals surface area contributed by atoms with E-state index in [1.807, 2.05) is 0 Å². The number of nitrogens with zero attached hydrogens (tertiary/aromatic N) is 2. The second kappa shape index (κ2) is 6.37. The molecule has 0 radical (unpaired) electrons. The van der Waals surface area contributed by atoms with E-state index in [-0.39, 0.29) is 0 Å². The molecule has 1 fully saturated rings. The Morgan fingerprint density at radius 2 is 2.00 bits per heavy atom. The van der Waals surface area contributed by atoms with Crippen molar-refractivity contribution in [2.75, 3.05) is 6.54 Å². The standard InChI is InChI=1S/C15H27N3/c1-12(13(2)11-16)10-14-8-9-18(17-14)15-6-4-3-5-7-15/h8-9,12-13,15H,3-7,10-11,16H2,1-2H3. The van der Waals surface area contributed by atoms with Crippen LogP contribution in [0.3, 0.4) is 0 Å². The Morgan fingerprint density at radius 3 is 2.67 bits per heavy atom. The molecule has 1 saturated carbocycles. The molecule has 2 unspecified atom stereocenters. The van der Waals surface area contributed by atoms with Crippen molar-refractivity contribution in [1.82, 2.24) is 9.78 Å². The molecule has 0 spiro atoms. The van der Waals surface area contributed by atoms with E-state index < -0.39 is 0 Å². The average molecular weight is 249 g/mol. The third kappa shape index (κ3) is 3.35. The molecule has 1 heterocycles. The predicted octanol–water partition coefficient (Wildman–Crippen LogP) is 3.16. The summed E-state index contributed by atoms with van der Waals surface area (Å²) >= 11 is 0. The summed E-state index contributed by atoms with van der Waals surface area (Å²) in [5.74, 6) is 1.19. The first-order valence-corrected chi connectivity index (χ1v) is 7.44. The molecule has 3 nitrogen and oxygen atoms in total. The highest BCUT2D eigenvalue weighted by Crippen LogP contribution is 2.27. The maximum absolute atomic E-state index is 5.72. The zero-order chi connectivity index (χ0) is 13.0. The summed E-state index contributed by atoms with van der Waals surface area (Å²) in [6.07, 6.45) is 9.95. The van der Waals surface area contributed by atoms with Gasteiger partial charge < -0.3 is 5.73 Å². The van der Waals surface area contributed by atoms with Gasteiger partial charge in [0.25, 0.3) is 0 Å². The van der Waals surface area contributed by atoms with Crippen LogP contribution in [0.2, 0.25) is 0 Å². The summed E-state index contributed by atoms with van der Waals surface area (Å²) in [7, 11) is 0. The molecule has 1 aliphatic carbocycles. The van der Waals surface area contributed by atoms with Crippen LogP contribution in [0.25, 0.3) is 0 Å². The van der Waals surface area contributed by atoms with Gasteiger partial charge in [0.05, 0.1) is 11.7 Å². The minimum absolute atomic E-state index is 0.574. The topological polar surface area (TPSA) is 43.8 Å². The Labute approximate surface area is 111 Å². The fourth-order valence-electron chi connectivity index (χ4n) is 2.80. The minimum Gasteiger partial charge on any atom is -0.330 e. The van der Waals surface area contributed by atoms with Gasteiger partial charge in [-0.15, -0.1) is 0 Å². The first kappa shape index (κ1) is 13.6. The van der Waals surface area contributed by atoms with Crippen molar-refractivity contribution in [3.05, 3.63) is 18.0 Å². The molecule has 2 rings (SSSR count). The van der Waals surface area contributed by atoms with E-state index in [1.165, 1.54) is 37.8 Å². The third-order valence-corrected chi connectivity index (χ3v) is 4.49. The number of rotatable bonds is 5. The van der Waals surface area contributed by atoms with Crippen LogP contribution in [0.1, 0.15) is 57.7 Å². The molecule has 2 N–H and O–H groups in total. The van der Waals surface area contributed by atoms with Crippen molar-refractivity contribution in [2.24, 2.45) is 17.6 Å². The normalized spacial score (nSPS) is 20.8. The van der Waals surface area contributed by atoms with E-state index in [0.717, 1.165) is 13.0 Å². The van der Waals surface area contributed by atoms with E-state index >= 15 is 0 Å². The van der Waals surface area contributed by atoms with E-state index in [9.17, 15) is 0 Å². The molecular formula is C15H27N3. The lowest BCUT2D eigenvalue weighted by Gasteiger charge is -2.22. The molecule has 1 aromatic heterocycles. The van der Waals surface area contributed by atoms with Gasteiger partial charge in [-0.3, -0.25) is 4.68 Å². The lowest BCUT2D eigenvalue weighted by atomic mass is 9.92. The van der Waals surface area contributed by atoms with E-state index in [0.29, 0.717) is 17.9 Å². The van der Waals surface area contributed by atoms with Gasteiger partial charge in [0, 0.05) is 6.20 Å². The van der Waals surface area contributed by atoms with Gasteiger partial charge >= 0.3 is 0 Å². The molecule has 0 aromatic carbocycles. The molecule has 0 aliphatic heterocycles. The summed E-state index contributed by atoms with van der Waals surface area (Å²) in [5, 5.41) is 4.77. The van der Waals surface area contributed by atoms with E-state index in [1.54, 1.807) is 0 Å². The SMILES string of the molecule is CC(CN)C(C)Cc1ccn(C2CCCCC2)n1. The van der Waals surface area contributed by atoms with Crippen molar-refractivity contribution in [1.29, 1.82) is 0 Å². The summed E-state index contributed by atoms with van der Waals surface area (Å²) in [5.41, 5.74) is 6.95. The Hall–Kier alpha value is -0.830. The van der Waals surface area contributed by atoms with Gasteiger partial charge in [-0.2, -0.15) is 5.10 Å². The maximum atomic E-state index is 5.72. The summed E-state index contributed by atoms with van der Waals surface area (Å²) in [4.78, 5) is 0. The summed E-state index contributed by atoms with van der Waals surface area (Å²) in [6, 6.07) is 2.84. The van der Waals surface area contributed by atoms with Gasteiger partial charge in [0.15, 0.2) is 0 Å². The van der Waals surface area contributed by atoms with Crippen molar-refractivity contribution < 1.29 is 0 Å². The van der Waals surface area contributed by atoms with Crippen molar-refractivity contribution in [3.63, 3.8) is 0 Å². The molecule has 0 amide bonds.